The zero-order valence-electron chi connectivity index (χ0n) is 19.1. The SMILES string of the molecule is CC(NC(=O)c1ccc2c(c1)CN([C@]1([Si])CCC(=O)NC1=O)C2=O)(c1ncc(F)cc1F)C1(F)CC1. The largest absolute Gasteiger partial charge is 0.338 e. The molecule has 12 heteroatoms. The summed E-state index contributed by atoms with van der Waals surface area (Å²) < 4.78 is 43.4. The molecule has 0 bridgehead atoms. The summed E-state index contributed by atoms with van der Waals surface area (Å²) in [6, 6.07) is 4.81. The van der Waals surface area contributed by atoms with Crippen molar-refractivity contribution in [3.63, 3.8) is 0 Å². The molecule has 1 aromatic carbocycles. The van der Waals surface area contributed by atoms with Gasteiger partial charge in [-0.25, -0.2) is 13.2 Å². The predicted molar refractivity (Wildman–Crippen MR) is 119 cm³/mol. The van der Waals surface area contributed by atoms with Crippen LogP contribution in [-0.2, 0) is 21.7 Å². The predicted octanol–water partition coefficient (Wildman–Crippen LogP) is 1.76. The maximum atomic E-state index is 15.4. The average Bonchev–Trinajstić information content (AvgIpc) is 3.49. The number of nitrogens with zero attached hydrogens (tertiary/aromatic N) is 2. The molecule has 5 rings (SSSR count). The lowest BCUT2D eigenvalue weighted by Crippen LogP contribution is -2.63. The molecular formula is C24H20F3N4O4Si. The van der Waals surface area contributed by atoms with Gasteiger partial charge in [0.1, 0.15) is 33.7 Å². The Balaban J connectivity index is 1.42. The van der Waals surface area contributed by atoms with Crippen LogP contribution in [0.1, 0.15) is 64.6 Å². The monoisotopic (exact) mass is 513 g/mol. The molecule has 185 valence electrons. The van der Waals surface area contributed by atoms with E-state index in [0.29, 0.717) is 11.6 Å². The molecule has 3 aliphatic rings. The first-order chi connectivity index (χ1) is 16.9. The lowest BCUT2D eigenvalue weighted by molar-refractivity contribution is -0.138. The van der Waals surface area contributed by atoms with Gasteiger partial charge in [-0.2, -0.15) is 0 Å². The van der Waals surface area contributed by atoms with Crippen molar-refractivity contribution >= 4 is 33.9 Å². The number of aromatic nitrogens is 1. The van der Waals surface area contributed by atoms with Crippen molar-refractivity contribution < 1.29 is 32.3 Å². The maximum absolute atomic E-state index is 15.4. The lowest BCUT2D eigenvalue weighted by Gasteiger charge is -2.39. The second-order valence-corrected chi connectivity index (χ2v) is 10.4. The van der Waals surface area contributed by atoms with Crippen LogP contribution in [0.5, 0.6) is 0 Å². The van der Waals surface area contributed by atoms with E-state index in [4.69, 9.17) is 0 Å². The van der Waals surface area contributed by atoms with Crippen LogP contribution in [0.2, 0.25) is 0 Å². The zero-order valence-corrected chi connectivity index (χ0v) is 20.1. The van der Waals surface area contributed by atoms with E-state index in [1.807, 2.05) is 0 Å². The van der Waals surface area contributed by atoms with E-state index in [1.165, 1.54) is 30.0 Å². The Hall–Kier alpha value is -3.54. The first-order valence-corrected chi connectivity index (χ1v) is 11.8. The van der Waals surface area contributed by atoms with Gasteiger partial charge in [-0.1, -0.05) is 0 Å². The summed E-state index contributed by atoms with van der Waals surface area (Å²) in [6.07, 6.45) is 1.01. The highest BCUT2D eigenvalue weighted by atomic mass is 28.1. The average molecular weight is 514 g/mol. The highest BCUT2D eigenvalue weighted by Crippen LogP contribution is 2.53. The topological polar surface area (TPSA) is 108 Å². The van der Waals surface area contributed by atoms with Crippen molar-refractivity contribution in [1.82, 2.24) is 20.5 Å². The number of imide groups is 1. The molecule has 0 spiro atoms. The number of hydrogen-bond donors (Lipinski definition) is 2. The van der Waals surface area contributed by atoms with Crippen LogP contribution in [0.4, 0.5) is 13.2 Å². The molecule has 3 heterocycles. The minimum Gasteiger partial charge on any atom is -0.338 e. The number of benzene rings is 1. The molecule has 2 aliphatic heterocycles. The highest BCUT2D eigenvalue weighted by Gasteiger charge is 2.61. The molecule has 1 aromatic heterocycles. The van der Waals surface area contributed by atoms with Crippen LogP contribution in [0.15, 0.2) is 30.5 Å². The number of nitrogens with one attached hydrogen (secondary N) is 2. The fraction of sp³-hybridized carbons (Fsp3) is 0.375. The van der Waals surface area contributed by atoms with Crippen molar-refractivity contribution in [2.75, 3.05) is 0 Å². The fourth-order valence-electron chi connectivity index (χ4n) is 4.80. The van der Waals surface area contributed by atoms with E-state index in [-0.39, 0.29) is 43.4 Å². The third-order valence-electron chi connectivity index (χ3n) is 7.20. The van der Waals surface area contributed by atoms with E-state index < -0.39 is 57.3 Å². The third kappa shape index (κ3) is 3.62. The summed E-state index contributed by atoms with van der Waals surface area (Å²) >= 11 is 0. The van der Waals surface area contributed by atoms with Crippen LogP contribution in [0, 0.1) is 11.6 Å². The van der Waals surface area contributed by atoms with E-state index in [0.717, 1.165) is 6.20 Å². The molecule has 2 fully saturated rings. The van der Waals surface area contributed by atoms with Crippen LogP contribution in [0.25, 0.3) is 0 Å². The number of rotatable bonds is 5. The van der Waals surface area contributed by atoms with Crippen molar-refractivity contribution in [3.8, 4) is 0 Å². The number of amides is 4. The van der Waals surface area contributed by atoms with Crippen LogP contribution >= 0.6 is 0 Å². The molecule has 1 aliphatic carbocycles. The molecule has 2 N–H and O–H groups in total. The van der Waals surface area contributed by atoms with Crippen LogP contribution in [0.3, 0.4) is 0 Å². The third-order valence-corrected chi connectivity index (χ3v) is 7.95. The lowest BCUT2D eigenvalue weighted by atomic mass is 9.88. The summed E-state index contributed by atoms with van der Waals surface area (Å²) in [5, 5.41) is 3.32. The Bertz CT molecular complexity index is 1350. The van der Waals surface area contributed by atoms with Gasteiger partial charge >= 0.3 is 0 Å². The fourth-order valence-corrected chi connectivity index (χ4v) is 5.17. The summed E-state index contributed by atoms with van der Waals surface area (Å²) in [7, 11) is 3.38. The molecule has 2 aromatic rings. The maximum Gasteiger partial charge on any atom is 0.255 e. The quantitative estimate of drug-likeness (QED) is 0.468. The minimum atomic E-state index is -1.97. The Morgan fingerprint density at radius 2 is 1.92 bits per heavy atom. The normalized spacial score (nSPS) is 24.1. The van der Waals surface area contributed by atoms with Gasteiger partial charge in [-0.05, 0) is 49.9 Å². The molecule has 8 nitrogen and oxygen atoms in total. The standard InChI is InChI=1S/C24H20F3N4O4Si/c1-22(23(27)6-7-23,18-16(26)9-14(25)10-28-18)30-19(33)12-2-3-15-13(8-12)11-31(20(15)34)24(36)5-4-17(32)29-21(24)35/h2-3,8-10H,4-7,11H2,1H3,(H,30,33)(H,29,32,35)/t22?,24-/m0/s1. The molecule has 4 amide bonds. The number of pyridine rings is 1. The van der Waals surface area contributed by atoms with Gasteiger partial charge in [-0.15, -0.1) is 0 Å². The molecule has 36 heavy (non-hydrogen) atoms. The van der Waals surface area contributed by atoms with Gasteiger partial charge in [0.05, 0.1) is 16.4 Å². The van der Waals surface area contributed by atoms with Crippen molar-refractivity contribution in [2.45, 2.75) is 55.5 Å². The first-order valence-electron chi connectivity index (χ1n) is 11.3. The van der Waals surface area contributed by atoms with Crippen LogP contribution < -0.4 is 10.6 Å². The number of fused-ring (bicyclic) bond motifs is 1. The Kier molecular flexibility index (Phi) is 5.36. The van der Waals surface area contributed by atoms with Crippen molar-refractivity contribution in [3.05, 3.63) is 64.5 Å². The number of carbonyl (C=O) groups is 4. The second-order valence-electron chi connectivity index (χ2n) is 9.53. The van der Waals surface area contributed by atoms with E-state index in [1.54, 1.807) is 0 Å². The summed E-state index contributed by atoms with van der Waals surface area (Å²) in [5.74, 6) is -4.30. The Morgan fingerprint density at radius 1 is 1.19 bits per heavy atom. The zero-order chi connectivity index (χ0) is 26.0. The summed E-state index contributed by atoms with van der Waals surface area (Å²) in [4.78, 5) is 55.3. The molecule has 1 unspecified atom stereocenters. The van der Waals surface area contributed by atoms with Crippen molar-refractivity contribution in [1.29, 1.82) is 0 Å². The second kappa shape index (κ2) is 7.98. The van der Waals surface area contributed by atoms with E-state index in [9.17, 15) is 28.0 Å². The highest BCUT2D eigenvalue weighted by molar-refractivity contribution is 6.32. The Labute approximate surface area is 207 Å². The number of halogens is 3. The molecule has 1 saturated heterocycles. The van der Waals surface area contributed by atoms with E-state index >= 15 is 4.39 Å². The van der Waals surface area contributed by atoms with Gasteiger partial charge in [-0.3, -0.25) is 29.5 Å². The minimum absolute atomic E-state index is 0.0150. The molecular weight excluding hydrogens is 493 g/mol. The van der Waals surface area contributed by atoms with Gasteiger partial charge in [0.25, 0.3) is 11.8 Å². The van der Waals surface area contributed by atoms with E-state index in [2.05, 4.69) is 25.9 Å². The molecule has 1 saturated carbocycles. The number of hydrogen-bond acceptors (Lipinski definition) is 5. The van der Waals surface area contributed by atoms with Crippen LogP contribution in [-0.4, -0.2) is 54.6 Å². The van der Waals surface area contributed by atoms with Gasteiger partial charge in [0.15, 0.2) is 0 Å². The van der Waals surface area contributed by atoms with Crippen molar-refractivity contribution in [2.24, 2.45) is 0 Å². The smallest absolute Gasteiger partial charge is 0.255 e. The summed E-state index contributed by atoms with van der Waals surface area (Å²) in [6.45, 7) is 1.29. The van der Waals surface area contributed by atoms with Gasteiger partial charge in [0, 0.05) is 30.2 Å². The Morgan fingerprint density at radius 3 is 2.56 bits per heavy atom. The number of piperidine rings is 1. The molecule has 3 radical (unpaired) electrons. The van der Waals surface area contributed by atoms with Gasteiger partial charge in [0.2, 0.25) is 11.8 Å². The number of carbonyl (C=O) groups excluding carboxylic acids is 4. The molecule has 2 atom stereocenters. The summed E-state index contributed by atoms with van der Waals surface area (Å²) in [5.41, 5.74) is -3.46. The van der Waals surface area contributed by atoms with Gasteiger partial charge < -0.3 is 10.2 Å². The number of alkyl halides is 1. The first kappa shape index (κ1) is 24.2.